The van der Waals surface area contributed by atoms with Gasteiger partial charge >= 0.3 is 0 Å². The third-order valence-corrected chi connectivity index (χ3v) is 3.05. The van der Waals surface area contributed by atoms with Gasteiger partial charge in [-0.2, -0.15) is 11.8 Å². The van der Waals surface area contributed by atoms with E-state index in [4.69, 9.17) is 4.74 Å². The highest BCUT2D eigenvalue weighted by Gasteiger charge is 2.04. The number of hydrogen-bond donors (Lipinski definition) is 2. The van der Waals surface area contributed by atoms with Crippen LogP contribution in [0, 0.1) is 11.6 Å². The molecular weight excluding hydrogens is 296 g/mol. The van der Waals surface area contributed by atoms with Crippen LogP contribution < -0.4 is 15.4 Å². The second-order valence-corrected chi connectivity index (χ2v) is 5.09. The van der Waals surface area contributed by atoms with Crippen LogP contribution >= 0.6 is 11.8 Å². The average molecular weight is 317 g/mol. The van der Waals surface area contributed by atoms with Crippen LogP contribution in [-0.2, 0) is 0 Å². The Morgan fingerprint density at radius 2 is 2.14 bits per heavy atom. The van der Waals surface area contributed by atoms with Gasteiger partial charge in [-0.1, -0.05) is 0 Å². The van der Waals surface area contributed by atoms with Crippen LogP contribution in [0.2, 0.25) is 0 Å². The number of guanidine groups is 1. The summed E-state index contributed by atoms with van der Waals surface area (Å²) in [6, 6.07) is 3.25. The summed E-state index contributed by atoms with van der Waals surface area (Å²) in [5.41, 5.74) is 0. The van der Waals surface area contributed by atoms with Gasteiger partial charge in [-0.25, -0.2) is 8.78 Å². The number of rotatable bonds is 8. The lowest BCUT2D eigenvalue weighted by atomic mass is 10.3. The Kier molecular flexibility index (Phi) is 8.57. The highest BCUT2D eigenvalue weighted by molar-refractivity contribution is 7.98. The Bertz CT molecular complexity index is 458. The van der Waals surface area contributed by atoms with Gasteiger partial charge in [0.25, 0.3) is 0 Å². The normalized spacial score (nSPS) is 11.3. The first-order valence-corrected chi connectivity index (χ1v) is 8.15. The third kappa shape index (κ3) is 7.17. The maximum atomic E-state index is 13.3. The molecule has 0 saturated carbocycles. The van der Waals surface area contributed by atoms with Gasteiger partial charge in [-0.15, -0.1) is 0 Å². The molecule has 0 atom stereocenters. The van der Waals surface area contributed by atoms with Crippen LogP contribution in [0.1, 0.15) is 6.92 Å². The van der Waals surface area contributed by atoms with Crippen LogP contribution in [0.5, 0.6) is 5.75 Å². The van der Waals surface area contributed by atoms with E-state index in [-0.39, 0.29) is 12.4 Å². The summed E-state index contributed by atoms with van der Waals surface area (Å²) < 4.78 is 31.3. The maximum Gasteiger partial charge on any atom is 0.191 e. The molecule has 0 amide bonds. The molecule has 0 radical (unpaired) electrons. The van der Waals surface area contributed by atoms with Crippen molar-refractivity contribution < 1.29 is 13.5 Å². The monoisotopic (exact) mass is 317 g/mol. The molecule has 0 aliphatic carbocycles. The predicted octanol–water partition coefficient (Wildman–Crippen LogP) is 2.26. The van der Waals surface area contributed by atoms with E-state index in [9.17, 15) is 8.78 Å². The van der Waals surface area contributed by atoms with Crippen molar-refractivity contribution in [3.05, 3.63) is 29.8 Å². The Morgan fingerprint density at radius 3 is 2.81 bits per heavy atom. The van der Waals surface area contributed by atoms with E-state index in [1.807, 2.05) is 13.2 Å². The quantitative estimate of drug-likeness (QED) is 0.439. The lowest BCUT2D eigenvalue weighted by Gasteiger charge is -2.12. The van der Waals surface area contributed by atoms with Crippen molar-refractivity contribution in [2.45, 2.75) is 6.92 Å². The fraction of sp³-hybridized carbons (Fsp3) is 0.500. The number of ether oxygens (including phenoxy) is 1. The van der Waals surface area contributed by atoms with Gasteiger partial charge in [0.1, 0.15) is 12.4 Å². The summed E-state index contributed by atoms with van der Waals surface area (Å²) in [6.45, 7) is 4.20. The molecule has 1 aromatic rings. The Labute approximate surface area is 128 Å². The van der Waals surface area contributed by atoms with E-state index in [1.54, 1.807) is 11.8 Å². The molecule has 0 saturated heterocycles. The van der Waals surface area contributed by atoms with Gasteiger partial charge in [0.2, 0.25) is 0 Å². The van der Waals surface area contributed by atoms with E-state index in [0.717, 1.165) is 24.9 Å². The molecule has 0 aromatic heterocycles. The summed E-state index contributed by atoms with van der Waals surface area (Å²) in [4.78, 5) is 4.37. The molecule has 21 heavy (non-hydrogen) atoms. The van der Waals surface area contributed by atoms with E-state index >= 15 is 0 Å². The van der Waals surface area contributed by atoms with Gasteiger partial charge in [-0.05, 0) is 25.3 Å². The molecule has 0 bridgehead atoms. The number of nitrogens with one attached hydrogen (secondary N) is 2. The zero-order valence-electron chi connectivity index (χ0n) is 12.3. The van der Waals surface area contributed by atoms with Crippen molar-refractivity contribution in [3.8, 4) is 5.75 Å². The minimum atomic E-state index is -0.699. The summed E-state index contributed by atoms with van der Waals surface area (Å²) in [6.07, 6.45) is 2.03. The van der Waals surface area contributed by atoms with E-state index < -0.39 is 11.6 Å². The van der Waals surface area contributed by atoms with Crippen LogP contribution in [0.3, 0.4) is 0 Å². The molecule has 2 N–H and O–H groups in total. The number of aliphatic imine (C=N–C) groups is 1. The standard InChI is InChI=1S/C14H21F2N3OS/c1-3-17-14(19-7-9-21-2)18-6-8-20-13-5-4-11(15)10-12(13)16/h4-5,10H,3,6-9H2,1-2H3,(H2,17,18,19). The lowest BCUT2D eigenvalue weighted by Crippen LogP contribution is -2.39. The summed E-state index contributed by atoms with van der Waals surface area (Å²) in [7, 11) is 0. The number of halogens is 2. The second-order valence-electron chi connectivity index (χ2n) is 4.10. The molecule has 0 aliphatic heterocycles. The number of benzene rings is 1. The lowest BCUT2D eigenvalue weighted by molar-refractivity contribution is 0.304. The molecule has 4 nitrogen and oxygen atoms in total. The SMILES string of the molecule is CCNC(=NCCSC)NCCOc1ccc(F)cc1F. The van der Waals surface area contributed by atoms with Crippen molar-refractivity contribution in [2.24, 2.45) is 4.99 Å². The summed E-state index contributed by atoms with van der Waals surface area (Å²) in [5, 5.41) is 6.20. The molecule has 7 heteroatoms. The van der Waals surface area contributed by atoms with Crippen molar-refractivity contribution in [1.29, 1.82) is 0 Å². The van der Waals surface area contributed by atoms with Crippen LogP contribution in [-0.4, -0.2) is 44.2 Å². The maximum absolute atomic E-state index is 13.3. The Hall–Kier alpha value is -1.50. The van der Waals surface area contributed by atoms with Crippen molar-refractivity contribution in [1.82, 2.24) is 10.6 Å². The van der Waals surface area contributed by atoms with Gasteiger partial charge < -0.3 is 15.4 Å². The summed E-state index contributed by atoms with van der Waals surface area (Å²) >= 11 is 1.73. The molecule has 0 unspecified atom stereocenters. The highest BCUT2D eigenvalue weighted by atomic mass is 32.2. The fourth-order valence-electron chi connectivity index (χ4n) is 1.51. The number of thioether (sulfide) groups is 1. The number of hydrogen-bond acceptors (Lipinski definition) is 3. The van der Waals surface area contributed by atoms with Gasteiger partial charge in [-0.3, -0.25) is 4.99 Å². The first kappa shape index (κ1) is 17.6. The van der Waals surface area contributed by atoms with Gasteiger partial charge in [0.05, 0.1) is 13.1 Å². The minimum Gasteiger partial charge on any atom is -0.489 e. The van der Waals surface area contributed by atoms with Crippen molar-refractivity contribution in [3.63, 3.8) is 0 Å². The molecule has 0 aliphatic rings. The van der Waals surface area contributed by atoms with Crippen molar-refractivity contribution in [2.75, 3.05) is 38.2 Å². The smallest absolute Gasteiger partial charge is 0.191 e. The summed E-state index contributed by atoms with van der Waals surface area (Å²) in [5.74, 6) is 0.384. The highest BCUT2D eigenvalue weighted by Crippen LogP contribution is 2.17. The molecule has 1 aromatic carbocycles. The molecule has 0 fully saturated rings. The average Bonchev–Trinajstić information content (AvgIpc) is 2.45. The largest absolute Gasteiger partial charge is 0.489 e. The predicted molar refractivity (Wildman–Crippen MR) is 84.2 cm³/mol. The molecule has 1 rings (SSSR count). The van der Waals surface area contributed by atoms with Crippen LogP contribution in [0.4, 0.5) is 8.78 Å². The topological polar surface area (TPSA) is 45.7 Å². The zero-order valence-corrected chi connectivity index (χ0v) is 13.1. The third-order valence-electron chi connectivity index (χ3n) is 2.46. The molecule has 118 valence electrons. The second kappa shape index (κ2) is 10.3. The minimum absolute atomic E-state index is 0.0440. The first-order chi connectivity index (χ1) is 10.2. The molecular formula is C14H21F2N3OS. The Morgan fingerprint density at radius 1 is 1.33 bits per heavy atom. The van der Waals surface area contributed by atoms with Gasteiger partial charge in [0, 0.05) is 18.4 Å². The van der Waals surface area contributed by atoms with Crippen LogP contribution in [0.15, 0.2) is 23.2 Å². The zero-order chi connectivity index (χ0) is 15.5. The van der Waals surface area contributed by atoms with E-state index in [1.165, 1.54) is 12.1 Å². The van der Waals surface area contributed by atoms with Crippen LogP contribution in [0.25, 0.3) is 0 Å². The van der Waals surface area contributed by atoms with Gasteiger partial charge in [0.15, 0.2) is 17.5 Å². The molecule has 0 spiro atoms. The fourth-order valence-corrected chi connectivity index (χ4v) is 1.79. The van der Waals surface area contributed by atoms with E-state index in [2.05, 4.69) is 15.6 Å². The Balaban J connectivity index is 2.34. The first-order valence-electron chi connectivity index (χ1n) is 6.76. The van der Waals surface area contributed by atoms with Crippen molar-refractivity contribution >= 4 is 17.7 Å². The molecule has 0 heterocycles. The number of nitrogens with zero attached hydrogens (tertiary/aromatic N) is 1. The van der Waals surface area contributed by atoms with E-state index in [0.29, 0.717) is 12.5 Å².